The summed E-state index contributed by atoms with van der Waals surface area (Å²) in [6, 6.07) is 8.24. The molecule has 0 radical (unpaired) electrons. The zero-order chi connectivity index (χ0) is 17.6. The Morgan fingerprint density at radius 2 is 1.52 bits per heavy atom. The molecule has 2 heterocycles. The second-order valence-electron chi connectivity index (χ2n) is 5.03. The van der Waals surface area contributed by atoms with Crippen LogP contribution >= 0.6 is 31.9 Å². The molecular formula is C17H14Br2N4O2. The summed E-state index contributed by atoms with van der Waals surface area (Å²) in [4.78, 5) is 16.6. The van der Waals surface area contributed by atoms with Gasteiger partial charge in [0, 0.05) is 16.9 Å². The van der Waals surface area contributed by atoms with Gasteiger partial charge in [-0.15, -0.1) is 0 Å². The maximum absolute atomic E-state index is 5.80. The van der Waals surface area contributed by atoms with Gasteiger partial charge in [-0.05, 0) is 40.5 Å². The highest BCUT2D eigenvalue weighted by Crippen LogP contribution is 2.31. The Labute approximate surface area is 161 Å². The Hall–Kier alpha value is -2.06. The Morgan fingerprint density at radius 3 is 2.24 bits per heavy atom. The molecule has 8 heteroatoms. The zero-order valence-electron chi connectivity index (χ0n) is 13.3. The highest BCUT2D eigenvalue weighted by molar-refractivity contribution is 9.10. The molecule has 3 aromatic rings. The highest BCUT2D eigenvalue weighted by Gasteiger charge is 2.12. The van der Waals surface area contributed by atoms with Gasteiger partial charge in [-0.3, -0.25) is 0 Å². The van der Waals surface area contributed by atoms with E-state index < -0.39 is 0 Å². The summed E-state index contributed by atoms with van der Waals surface area (Å²) in [7, 11) is 0. The van der Waals surface area contributed by atoms with Crippen LogP contribution in [0, 0.1) is 6.92 Å². The fraction of sp³-hybridized carbons (Fsp3) is 0.176. The average molecular weight is 466 g/mol. The summed E-state index contributed by atoms with van der Waals surface area (Å²) >= 11 is 6.72. The largest absolute Gasteiger partial charge is 0.474 e. The van der Waals surface area contributed by atoms with Crippen molar-refractivity contribution in [1.82, 2.24) is 19.9 Å². The third-order valence-electron chi connectivity index (χ3n) is 3.28. The quantitative estimate of drug-likeness (QED) is 0.507. The molecule has 1 aromatic carbocycles. The minimum Gasteiger partial charge on any atom is -0.474 e. The minimum absolute atomic E-state index is 0.304. The van der Waals surface area contributed by atoms with Gasteiger partial charge in [0.05, 0.1) is 15.7 Å². The van der Waals surface area contributed by atoms with Crippen LogP contribution in [0.3, 0.4) is 0 Å². The minimum atomic E-state index is 0.304. The molecule has 0 spiro atoms. The first-order chi connectivity index (χ1) is 12.1. The first-order valence-corrected chi connectivity index (χ1v) is 9.03. The Bertz CT molecular complexity index is 842. The van der Waals surface area contributed by atoms with Crippen molar-refractivity contribution in [2.45, 2.75) is 6.92 Å². The van der Waals surface area contributed by atoms with Crippen molar-refractivity contribution < 1.29 is 9.47 Å². The summed E-state index contributed by atoms with van der Waals surface area (Å²) < 4.78 is 13.1. The van der Waals surface area contributed by atoms with E-state index in [0.29, 0.717) is 25.1 Å². The van der Waals surface area contributed by atoms with Crippen LogP contribution < -0.4 is 9.47 Å². The lowest BCUT2D eigenvalue weighted by molar-refractivity contribution is 0.201. The van der Waals surface area contributed by atoms with Crippen molar-refractivity contribution in [2.75, 3.05) is 13.2 Å². The Morgan fingerprint density at radius 1 is 0.840 bits per heavy atom. The van der Waals surface area contributed by atoms with E-state index in [1.54, 1.807) is 12.4 Å². The molecule has 6 nitrogen and oxygen atoms in total. The number of nitrogens with zero attached hydrogens (tertiary/aromatic N) is 4. The molecule has 0 fully saturated rings. The monoisotopic (exact) mass is 464 g/mol. The van der Waals surface area contributed by atoms with E-state index in [1.807, 2.05) is 31.2 Å². The summed E-state index contributed by atoms with van der Waals surface area (Å²) in [6.45, 7) is 2.56. The predicted molar refractivity (Wildman–Crippen MR) is 101 cm³/mol. The third-order valence-corrected chi connectivity index (χ3v) is 4.22. The summed E-state index contributed by atoms with van der Waals surface area (Å²) in [5.41, 5.74) is 2.72. The van der Waals surface area contributed by atoms with E-state index in [0.717, 1.165) is 25.8 Å². The molecule has 0 amide bonds. The zero-order valence-corrected chi connectivity index (χ0v) is 16.5. The van der Waals surface area contributed by atoms with Crippen molar-refractivity contribution >= 4 is 31.9 Å². The second-order valence-corrected chi connectivity index (χ2v) is 6.86. The van der Waals surface area contributed by atoms with Crippen molar-refractivity contribution in [1.29, 1.82) is 0 Å². The third kappa shape index (κ3) is 4.73. The number of ether oxygens (including phenoxy) is 2. The first-order valence-electron chi connectivity index (χ1n) is 7.44. The standard InChI is InChI=1S/C17H14Br2N4O2/c1-11-15(12-2-4-13(18)5-3-12)16(23-10-22-11)24-6-7-25-17-20-8-14(19)9-21-17/h2-5,8-10H,6-7H2,1H3. The number of hydrogen-bond acceptors (Lipinski definition) is 6. The number of halogens is 2. The molecule has 2 aromatic heterocycles. The lowest BCUT2D eigenvalue weighted by Gasteiger charge is -2.12. The van der Waals surface area contributed by atoms with E-state index >= 15 is 0 Å². The molecule has 0 saturated heterocycles. The Balaban J connectivity index is 1.67. The van der Waals surface area contributed by atoms with Crippen LogP contribution in [0.25, 0.3) is 11.1 Å². The van der Waals surface area contributed by atoms with E-state index in [2.05, 4.69) is 51.8 Å². The topological polar surface area (TPSA) is 70.0 Å². The van der Waals surface area contributed by atoms with Crippen LogP contribution in [0.1, 0.15) is 5.69 Å². The molecule has 0 aliphatic carbocycles. The normalized spacial score (nSPS) is 10.5. The molecule has 25 heavy (non-hydrogen) atoms. The van der Waals surface area contributed by atoms with Crippen LogP contribution in [0.5, 0.6) is 11.9 Å². The molecule has 0 N–H and O–H groups in total. The van der Waals surface area contributed by atoms with Crippen LogP contribution in [-0.4, -0.2) is 33.1 Å². The molecule has 3 rings (SSSR count). The molecule has 0 atom stereocenters. The fourth-order valence-corrected chi connectivity index (χ4v) is 2.63. The number of hydrogen-bond donors (Lipinski definition) is 0. The molecular weight excluding hydrogens is 452 g/mol. The van der Waals surface area contributed by atoms with Crippen molar-refractivity contribution in [3.8, 4) is 23.0 Å². The SMILES string of the molecule is Cc1ncnc(OCCOc2ncc(Br)cn2)c1-c1ccc(Br)cc1. The van der Waals surface area contributed by atoms with Crippen molar-refractivity contribution in [2.24, 2.45) is 0 Å². The van der Waals surface area contributed by atoms with E-state index in [4.69, 9.17) is 9.47 Å². The molecule has 0 aliphatic rings. The number of benzene rings is 1. The van der Waals surface area contributed by atoms with Gasteiger partial charge in [-0.2, -0.15) is 0 Å². The Kier molecular flexibility index (Phi) is 5.93. The predicted octanol–water partition coefficient (Wildman–Crippen LogP) is 4.22. The van der Waals surface area contributed by atoms with Gasteiger partial charge >= 0.3 is 6.01 Å². The maximum atomic E-state index is 5.80. The van der Waals surface area contributed by atoms with E-state index in [1.165, 1.54) is 6.33 Å². The molecule has 128 valence electrons. The summed E-state index contributed by atoms with van der Waals surface area (Å²) in [6.07, 6.45) is 4.75. The van der Waals surface area contributed by atoms with Crippen LogP contribution in [-0.2, 0) is 0 Å². The smallest absolute Gasteiger partial charge is 0.316 e. The van der Waals surface area contributed by atoms with Gasteiger partial charge in [0.25, 0.3) is 0 Å². The first kappa shape index (κ1) is 17.8. The second kappa shape index (κ2) is 8.35. The van der Waals surface area contributed by atoms with Gasteiger partial charge in [0.15, 0.2) is 0 Å². The lowest BCUT2D eigenvalue weighted by atomic mass is 10.1. The van der Waals surface area contributed by atoms with Gasteiger partial charge in [0.1, 0.15) is 19.5 Å². The van der Waals surface area contributed by atoms with Crippen LogP contribution in [0.2, 0.25) is 0 Å². The molecule has 0 bridgehead atoms. The van der Waals surface area contributed by atoms with Gasteiger partial charge in [-0.25, -0.2) is 19.9 Å². The molecule has 0 saturated carbocycles. The average Bonchev–Trinajstić information content (AvgIpc) is 2.61. The molecule has 0 unspecified atom stereocenters. The van der Waals surface area contributed by atoms with Crippen molar-refractivity contribution in [3.05, 3.63) is 57.6 Å². The van der Waals surface area contributed by atoms with Gasteiger partial charge in [-0.1, -0.05) is 28.1 Å². The number of aromatic nitrogens is 4. The number of aryl methyl sites for hydroxylation is 1. The number of rotatable bonds is 6. The lowest BCUT2D eigenvalue weighted by Crippen LogP contribution is -2.12. The van der Waals surface area contributed by atoms with Crippen molar-refractivity contribution in [3.63, 3.8) is 0 Å². The molecule has 0 aliphatic heterocycles. The van der Waals surface area contributed by atoms with Crippen LogP contribution in [0.4, 0.5) is 0 Å². The van der Waals surface area contributed by atoms with Crippen LogP contribution in [0.15, 0.2) is 51.9 Å². The summed E-state index contributed by atoms with van der Waals surface area (Å²) in [5.74, 6) is 0.523. The van der Waals surface area contributed by atoms with Gasteiger partial charge < -0.3 is 9.47 Å². The maximum Gasteiger partial charge on any atom is 0.316 e. The van der Waals surface area contributed by atoms with Gasteiger partial charge in [0.2, 0.25) is 5.88 Å². The fourth-order valence-electron chi connectivity index (χ4n) is 2.16. The highest BCUT2D eigenvalue weighted by atomic mass is 79.9. The van der Waals surface area contributed by atoms with E-state index in [-0.39, 0.29) is 0 Å². The summed E-state index contributed by atoms with van der Waals surface area (Å²) in [5, 5.41) is 0. The van der Waals surface area contributed by atoms with E-state index in [9.17, 15) is 0 Å².